The van der Waals surface area contributed by atoms with E-state index in [1.54, 1.807) is 11.6 Å². The van der Waals surface area contributed by atoms with Crippen LogP contribution in [0, 0.1) is 19.3 Å². The summed E-state index contributed by atoms with van der Waals surface area (Å²) in [4.78, 5) is 0. The van der Waals surface area contributed by atoms with Crippen molar-refractivity contribution in [2.45, 2.75) is 13.0 Å². The van der Waals surface area contributed by atoms with Crippen molar-refractivity contribution in [2.75, 3.05) is 0 Å². The molecule has 1 atom stereocenters. The molecule has 0 spiro atoms. The standard InChI is InChI=1S/C13H11ClN2O/c1-3-11(17)12-9(2)15-16(13(12)14)10-7-5-4-6-8-10/h1,4-8,11,17H,2H3. The van der Waals surface area contributed by atoms with Gasteiger partial charge in [0.1, 0.15) is 11.3 Å². The number of nitrogens with zero attached hydrogens (tertiary/aromatic N) is 2. The fourth-order valence-electron chi connectivity index (χ4n) is 1.65. The molecule has 1 aromatic carbocycles. The van der Waals surface area contributed by atoms with Crippen LogP contribution in [-0.4, -0.2) is 14.9 Å². The molecule has 0 saturated carbocycles. The van der Waals surface area contributed by atoms with Gasteiger partial charge in [-0.2, -0.15) is 5.10 Å². The second-order valence-corrected chi connectivity index (χ2v) is 3.96. The lowest BCUT2D eigenvalue weighted by atomic mass is 10.1. The van der Waals surface area contributed by atoms with E-state index < -0.39 is 6.10 Å². The lowest BCUT2D eigenvalue weighted by Gasteiger charge is -2.04. The van der Waals surface area contributed by atoms with Crippen molar-refractivity contribution in [3.8, 4) is 18.0 Å². The molecule has 0 saturated heterocycles. The quantitative estimate of drug-likeness (QED) is 0.827. The van der Waals surface area contributed by atoms with Crippen LogP contribution in [0.4, 0.5) is 0 Å². The molecule has 1 unspecified atom stereocenters. The number of aliphatic hydroxyl groups is 1. The molecule has 0 aliphatic carbocycles. The Morgan fingerprint density at radius 1 is 1.41 bits per heavy atom. The van der Waals surface area contributed by atoms with Gasteiger partial charge < -0.3 is 5.11 Å². The van der Waals surface area contributed by atoms with Crippen LogP contribution in [0.2, 0.25) is 5.15 Å². The molecule has 3 nitrogen and oxygen atoms in total. The van der Waals surface area contributed by atoms with E-state index in [9.17, 15) is 5.11 Å². The topological polar surface area (TPSA) is 38.1 Å². The van der Waals surface area contributed by atoms with E-state index in [4.69, 9.17) is 18.0 Å². The van der Waals surface area contributed by atoms with Crippen LogP contribution in [0.3, 0.4) is 0 Å². The highest BCUT2D eigenvalue weighted by Gasteiger charge is 2.19. The lowest BCUT2D eigenvalue weighted by Crippen LogP contribution is -1.97. The normalized spacial score (nSPS) is 12.1. The van der Waals surface area contributed by atoms with Crippen LogP contribution >= 0.6 is 11.6 Å². The summed E-state index contributed by atoms with van der Waals surface area (Å²) in [5.41, 5.74) is 1.94. The third kappa shape index (κ3) is 2.05. The van der Waals surface area contributed by atoms with Gasteiger partial charge in [0.05, 0.1) is 16.9 Å². The summed E-state index contributed by atoms with van der Waals surface area (Å²) >= 11 is 6.18. The van der Waals surface area contributed by atoms with Gasteiger partial charge in [0.2, 0.25) is 0 Å². The SMILES string of the molecule is C#CC(O)c1c(C)nn(-c2ccccc2)c1Cl. The molecule has 1 N–H and O–H groups in total. The van der Waals surface area contributed by atoms with Crippen molar-refractivity contribution < 1.29 is 5.11 Å². The summed E-state index contributed by atoms with van der Waals surface area (Å²) in [6.45, 7) is 1.77. The highest BCUT2D eigenvalue weighted by atomic mass is 35.5. The number of terminal acetylenes is 1. The molecule has 17 heavy (non-hydrogen) atoms. The number of para-hydroxylation sites is 1. The number of hydrogen-bond acceptors (Lipinski definition) is 2. The van der Waals surface area contributed by atoms with Gasteiger partial charge in [-0.1, -0.05) is 35.7 Å². The first kappa shape index (κ1) is 11.7. The zero-order valence-corrected chi connectivity index (χ0v) is 10.0. The Morgan fingerprint density at radius 3 is 2.65 bits per heavy atom. The van der Waals surface area contributed by atoms with Crippen molar-refractivity contribution in [2.24, 2.45) is 0 Å². The van der Waals surface area contributed by atoms with Gasteiger partial charge in [-0.05, 0) is 19.1 Å². The Labute approximate surface area is 105 Å². The summed E-state index contributed by atoms with van der Waals surface area (Å²) in [5.74, 6) is 2.25. The fourth-order valence-corrected chi connectivity index (χ4v) is 2.02. The summed E-state index contributed by atoms with van der Waals surface area (Å²) in [5, 5.41) is 14.3. The Bertz CT molecular complexity index is 569. The number of aryl methyl sites for hydroxylation is 1. The van der Waals surface area contributed by atoms with Gasteiger partial charge in [-0.25, -0.2) is 4.68 Å². The first-order valence-corrected chi connectivity index (χ1v) is 5.47. The molecule has 1 aromatic heterocycles. The van der Waals surface area contributed by atoms with E-state index >= 15 is 0 Å². The van der Waals surface area contributed by atoms with Crippen LogP contribution in [0.15, 0.2) is 30.3 Å². The van der Waals surface area contributed by atoms with E-state index in [2.05, 4.69) is 11.0 Å². The number of rotatable bonds is 2. The Hall–Kier alpha value is -1.76. The van der Waals surface area contributed by atoms with Gasteiger partial charge in [-0.15, -0.1) is 6.42 Å². The summed E-state index contributed by atoms with van der Waals surface area (Å²) < 4.78 is 1.56. The zero-order valence-electron chi connectivity index (χ0n) is 9.26. The third-order valence-electron chi connectivity index (χ3n) is 2.48. The van der Waals surface area contributed by atoms with Crippen LogP contribution in [0.1, 0.15) is 17.4 Å². The minimum Gasteiger partial charge on any atom is -0.376 e. The highest BCUT2D eigenvalue weighted by molar-refractivity contribution is 6.30. The number of halogens is 1. The molecule has 0 bridgehead atoms. The van der Waals surface area contributed by atoms with Crippen LogP contribution < -0.4 is 0 Å². The Morgan fingerprint density at radius 2 is 2.06 bits per heavy atom. The summed E-state index contributed by atoms with van der Waals surface area (Å²) in [7, 11) is 0. The van der Waals surface area contributed by atoms with E-state index in [1.807, 2.05) is 30.3 Å². The van der Waals surface area contributed by atoms with Crippen molar-refractivity contribution in [1.29, 1.82) is 0 Å². The minimum atomic E-state index is -1.03. The fraction of sp³-hybridized carbons (Fsp3) is 0.154. The van der Waals surface area contributed by atoms with Crippen molar-refractivity contribution in [3.63, 3.8) is 0 Å². The molecule has 0 fully saturated rings. The number of benzene rings is 1. The second kappa shape index (κ2) is 4.62. The highest BCUT2D eigenvalue weighted by Crippen LogP contribution is 2.28. The molecule has 0 radical (unpaired) electrons. The first-order chi connectivity index (χ1) is 8.15. The lowest BCUT2D eigenvalue weighted by molar-refractivity contribution is 0.238. The molecule has 86 valence electrons. The van der Waals surface area contributed by atoms with Gasteiger partial charge in [-0.3, -0.25) is 0 Å². The number of hydrogen-bond donors (Lipinski definition) is 1. The van der Waals surface area contributed by atoms with Crippen LogP contribution in [-0.2, 0) is 0 Å². The maximum atomic E-state index is 9.68. The molecule has 0 aliphatic heterocycles. The Kier molecular flexibility index (Phi) is 3.19. The molecule has 4 heteroatoms. The van der Waals surface area contributed by atoms with Crippen molar-refractivity contribution in [1.82, 2.24) is 9.78 Å². The first-order valence-electron chi connectivity index (χ1n) is 5.09. The van der Waals surface area contributed by atoms with Crippen molar-refractivity contribution >= 4 is 11.6 Å². The maximum absolute atomic E-state index is 9.68. The molecular formula is C13H11ClN2O. The second-order valence-electron chi connectivity index (χ2n) is 3.61. The predicted molar refractivity (Wildman–Crippen MR) is 67.1 cm³/mol. The molecule has 0 amide bonds. The van der Waals surface area contributed by atoms with E-state index in [1.165, 1.54) is 0 Å². The van der Waals surface area contributed by atoms with Crippen molar-refractivity contribution in [3.05, 3.63) is 46.7 Å². The summed E-state index contributed by atoms with van der Waals surface area (Å²) in [6.07, 6.45) is 4.17. The molecular weight excluding hydrogens is 236 g/mol. The minimum absolute atomic E-state index is 0.346. The average molecular weight is 247 g/mol. The van der Waals surface area contributed by atoms with Gasteiger partial charge in [0.15, 0.2) is 0 Å². The molecule has 2 rings (SSSR count). The zero-order chi connectivity index (χ0) is 12.4. The van der Waals surface area contributed by atoms with E-state index in [-0.39, 0.29) is 0 Å². The van der Waals surface area contributed by atoms with E-state index in [0.717, 1.165) is 5.69 Å². The Balaban J connectivity index is 2.57. The third-order valence-corrected chi connectivity index (χ3v) is 2.84. The molecule has 2 aromatic rings. The van der Waals surface area contributed by atoms with Gasteiger partial charge in [0.25, 0.3) is 0 Å². The molecule has 1 heterocycles. The maximum Gasteiger partial charge on any atom is 0.144 e. The van der Waals surface area contributed by atoms with E-state index in [0.29, 0.717) is 16.4 Å². The molecule has 0 aliphatic rings. The van der Waals surface area contributed by atoms with Gasteiger partial charge >= 0.3 is 0 Å². The monoisotopic (exact) mass is 246 g/mol. The number of aromatic nitrogens is 2. The number of aliphatic hydroxyl groups excluding tert-OH is 1. The van der Waals surface area contributed by atoms with Gasteiger partial charge in [0, 0.05) is 0 Å². The van der Waals surface area contributed by atoms with Crippen LogP contribution in [0.5, 0.6) is 0 Å². The summed E-state index contributed by atoms with van der Waals surface area (Å²) in [6, 6.07) is 9.44. The largest absolute Gasteiger partial charge is 0.376 e. The van der Waals surface area contributed by atoms with Crippen LogP contribution in [0.25, 0.3) is 5.69 Å². The predicted octanol–water partition coefficient (Wildman–Crippen LogP) is 2.50. The average Bonchev–Trinajstić information content (AvgIpc) is 2.65. The smallest absolute Gasteiger partial charge is 0.144 e.